The summed E-state index contributed by atoms with van der Waals surface area (Å²) in [6.45, 7) is 2.27. The lowest BCUT2D eigenvalue weighted by Gasteiger charge is -2.13. The lowest BCUT2D eigenvalue weighted by Crippen LogP contribution is -2.25. The second kappa shape index (κ2) is 16.5. The van der Waals surface area contributed by atoms with Crippen molar-refractivity contribution in [1.29, 1.82) is 0 Å². The van der Waals surface area contributed by atoms with Crippen molar-refractivity contribution in [2.75, 3.05) is 0 Å². The van der Waals surface area contributed by atoms with Gasteiger partial charge in [-0.25, -0.2) is 4.79 Å². The van der Waals surface area contributed by atoms with Crippen LogP contribution in [0.15, 0.2) is 0 Å². The molecule has 24 heavy (non-hydrogen) atoms. The van der Waals surface area contributed by atoms with E-state index in [9.17, 15) is 4.79 Å². The van der Waals surface area contributed by atoms with Gasteiger partial charge in [0.25, 0.3) is 0 Å². The third-order valence-corrected chi connectivity index (χ3v) is 5.36. The minimum atomic E-state index is -1.60. The van der Waals surface area contributed by atoms with E-state index in [0.717, 1.165) is 19.3 Å². The Morgan fingerprint density at radius 2 is 0.958 bits per heavy atom. The summed E-state index contributed by atoms with van der Waals surface area (Å²) in [5.41, 5.74) is 0. The molecule has 4 heteroatoms. The topological polar surface area (TPSA) is 37.3 Å². The number of hydrogen-bond acceptors (Lipinski definition) is 1. The van der Waals surface area contributed by atoms with Gasteiger partial charge in [-0.1, -0.05) is 126 Å². The van der Waals surface area contributed by atoms with Crippen LogP contribution in [0.3, 0.4) is 0 Å². The number of carboxylic acids is 1. The zero-order valence-corrected chi connectivity index (χ0v) is 17.1. The van der Waals surface area contributed by atoms with Crippen LogP contribution in [0.2, 0.25) is 0 Å². The number of halogens is 2. The Hall–Kier alpha value is 0.0500. The highest BCUT2D eigenvalue weighted by molar-refractivity contribution is 6.57. The first-order valence-electron chi connectivity index (χ1n) is 10.1. The van der Waals surface area contributed by atoms with E-state index in [1.54, 1.807) is 0 Å². The molecule has 0 saturated carbocycles. The predicted octanol–water partition coefficient (Wildman–Crippen LogP) is 7.90. The Bertz CT molecular complexity index is 293. The third-order valence-electron chi connectivity index (χ3n) is 4.66. The zero-order valence-electron chi connectivity index (χ0n) is 15.6. The number of hydrogen-bond donors (Lipinski definition) is 1. The Balaban J connectivity index is 3.14. The lowest BCUT2D eigenvalue weighted by molar-refractivity contribution is -0.138. The van der Waals surface area contributed by atoms with Crippen molar-refractivity contribution in [2.24, 2.45) is 0 Å². The lowest BCUT2D eigenvalue weighted by atomic mass is 10.0. The molecule has 0 aliphatic heterocycles. The van der Waals surface area contributed by atoms with E-state index in [1.165, 1.54) is 83.5 Å². The monoisotopic (exact) mass is 380 g/mol. The fraction of sp³-hybridized carbons (Fsp3) is 0.950. The van der Waals surface area contributed by atoms with Crippen LogP contribution in [0.4, 0.5) is 0 Å². The standard InChI is InChI=1S/C20H38Cl2O2/c1-2-3-4-5-6-7-8-9-10-11-12-13-14-15-16-17-18-20(21,22)19(23)24/h2-18H2,1H3,(H,23,24). The van der Waals surface area contributed by atoms with Crippen molar-refractivity contribution in [1.82, 2.24) is 0 Å². The Labute approximate surface area is 159 Å². The number of carboxylic acid groups (broad SMARTS) is 1. The van der Waals surface area contributed by atoms with Gasteiger partial charge in [-0.2, -0.15) is 0 Å². The SMILES string of the molecule is CCCCCCCCCCCCCCCCCCC(Cl)(Cl)C(=O)O. The summed E-state index contributed by atoms with van der Waals surface area (Å²) in [5.74, 6) is -1.13. The molecule has 144 valence electrons. The van der Waals surface area contributed by atoms with Crippen LogP contribution in [-0.4, -0.2) is 15.4 Å². The molecular formula is C20H38Cl2O2. The molecule has 0 saturated heterocycles. The minimum Gasteiger partial charge on any atom is -0.479 e. The average Bonchev–Trinajstić information content (AvgIpc) is 2.54. The fourth-order valence-corrected chi connectivity index (χ4v) is 3.27. The van der Waals surface area contributed by atoms with Gasteiger partial charge in [0.15, 0.2) is 0 Å². The minimum absolute atomic E-state index is 0.337. The van der Waals surface area contributed by atoms with E-state index in [-0.39, 0.29) is 0 Å². The van der Waals surface area contributed by atoms with Crippen molar-refractivity contribution in [2.45, 2.75) is 120 Å². The Morgan fingerprint density at radius 1 is 0.667 bits per heavy atom. The molecule has 1 N–H and O–H groups in total. The van der Waals surface area contributed by atoms with Gasteiger partial charge in [-0.15, -0.1) is 0 Å². The van der Waals surface area contributed by atoms with Gasteiger partial charge in [0.1, 0.15) is 0 Å². The first-order chi connectivity index (χ1) is 11.5. The van der Waals surface area contributed by atoms with Crippen LogP contribution >= 0.6 is 23.2 Å². The quantitative estimate of drug-likeness (QED) is 0.193. The molecule has 0 atom stereocenters. The molecule has 0 amide bonds. The molecule has 0 aromatic rings. The van der Waals surface area contributed by atoms with E-state index < -0.39 is 10.3 Å². The van der Waals surface area contributed by atoms with Gasteiger partial charge in [-0.3, -0.25) is 0 Å². The molecule has 0 rings (SSSR count). The molecule has 0 spiro atoms. The van der Waals surface area contributed by atoms with Crippen LogP contribution in [0.25, 0.3) is 0 Å². The maximum absolute atomic E-state index is 10.7. The second-order valence-corrected chi connectivity index (χ2v) is 8.55. The molecule has 0 radical (unpaired) electrons. The largest absolute Gasteiger partial charge is 0.479 e. The van der Waals surface area contributed by atoms with Crippen LogP contribution in [-0.2, 0) is 4.79 Å². The second-order valence-electron chi connectivity index (χ2n) is 7.06. The molecule has 0 heterocycles. The van der Waals surface area contributed by atoms with Crippen molar-refractivity contribution < 1.29 is 9.90 Å². The number of unbranched alkanes of at least 4 members (excludes halogenated alkanes) is 15. The van der Waals surface area contributed by atoms with Gasteiger partial charge in [0, 0.05) is 0 Å². The zero-order chi connectivity index (χ0) is 18.1. The smallest absolute Gasteiger partial charge is 0.340 e. The number of alkyl halides is 2. The molecule has 0 bridgehead atoms. The summed E-state index contributed by atoms with van der Waals surface area (Å²) >= 11 is 11.4. The van der Waals surface area contributed by atoms with Gasteiger partial charge < -0.3 is 5.11 Å². The van der Waals surface area contributed by atoms with E-state index in [0.29, 0.717) is 6.42 Å². The summed E-state index contributed by atoms with van der Waals surface area (Å²) in [7, 11) is 0. The third kappa shape index (κ3) is 15.6. The van der Waals surface area contributed by atoms with Crippen LogP contribution < -0.4 is 0 Å². The van der Waals surface area contributed by atoms with E-state index in [4.69, 9.17) is 28.3 Å². The van der Waals surface area contributed by atoms with Gasteiger partial charge >= 0.3 is 5.97 Å². The number of rotatable bonds is 18. The molecule has 0 aliphatic rings. The van der Waals surface area contributed by atoms with Gasteiger partial charge in [0.2, 0.25) is 4.33 Å². The summed E-state index contributed by atoms with van der Waals surface area (Å²) in [4.78, 5) is 10.7. The van der Waals surface area contributed by atoms with Crippen LogP contribution in [0.5, 0.6) is 0 Å². The number of aliphatic carboxylic acids is 1. The maximum Gasteiger partial charge on any atom is 0.340 e. The Kier molecular flexibility index (Phi) is 16.5. The summed E-state index contributed by atoms with van der Waals surface area (Å²) in [6, 6.07) is 0. The van der Waals surface area contributed by atoms with Crippen molar-refractivity contribution in [3.63, 3.8) is 0 Å². The van der Waals surface area contributed by atoms with Gasteiger partial charge in [-0.05, 0) is 12.8 Å². The van der Waals surface area contributed by atoms with E-state index in [2.05, 4.69) is 6.92 Å². The highest BCUT2D eigenvalue weighted by Gasteiger charge is 2.32. The summed E-state index contributed by atoms with van der Waals surface area (Å²) < 4.78 is -1.60. The normalized spacial score (nSPS) is 11.8. The average molecular weight is 381 g/mol. The summed E-state index contributed by atoms with van der Waals surface area (Å²) in [6.07, 6.45) is 21.1. The first-order valence-corrected chi connectivity index (χ1v) is 10.9. The van der Waals surface area contributed by atoms with Crippen molar-refractivity contribution in [3.05, 3.63) is 0 Å². The van der Waals surface area contributed by atoms with Crippen LogP contribution in [0, 0.1) is 0 Å². The molecule has 0 aromatic carbocycles. The Morgan fingerprint density at radius 3 is 1.25 bits per heavy atom. The summed E-state index contributed by atoms with van der Waals surface area (Å²) in [5, 5.41) is 8.80. The first kappa shape index (κ1) is 24.1. The maximum atomic E-state index is 10.7. The van der Waals surface area contributed by atoms with E-state index in [1.807, 2.05) is 0 Å². The number of carbonyl (C=O) groups is 1. The van der Waals surface area contributed by atoms with Crippen molar-refractivity contribution in [3.8, 4) is 0 Å². The highest BCUT2D eigenvalue weighted by Crippen LogP contribution is 2.28. The highest BCUT2D eigenvalue weighted by atomic mass is 35.5. The fourth-order valence-electron chi connectivity index (χ4n) is 3.00. The molecular weight excluding hydrogens is 343 g/mol. The predicted molar refractivity (Wildman–Crippen MR) is 106 cm³/mol. The molecule has 0 aromatic heterocycles. The molecule has 0 fully saturated rings. The van der Waals surface area contributed by atoms with E-state index >= 15 is 0 Å². The van der Waals surface area contributed by atoms with Gasteiger partial charge in [0.05, 0.1) is 0 Å². The van der Waals surface area contributed by atoms with Crippen molar-refractivity contribution >= 4 is 29.2 Å². The molecule has 0 aliphatic carbocycles. The molecule has 0 unspecified atom stereocenters. The molecule has 2 nitrogen and oxygen atoms in total. The van der Waals surface area contributed by atoms with Crippen LogP contribution in [0.1, 0.15) is 116 Å².